The lowest BCUT2D eigenvalue weighted by atomic mass is 10.1. The van der Waals surface area contributed by atoms with E-state index in [1.165, 1.54) is 0 Å². The van der Waals surface area contributed by atoms with Crippen molar-refractivity contribution in [3.63, 3.8) is 0 Å². The highest BCUT2D eigenvalue weighted by Gasteiger charge is 2.08. The summed E-state index contributed by atoms with van der Waals surface area (Å²) in [5, 5.41) is 2.94. The quantitative estimate of drug-likeness (QED) is 0.674. The van der Waals surface area contributed by atoms with E-state index in [4.69, 9.17) is 12.2 Å². The Morgan fingerprint density at radius 1 is 1.11 bits per heavy atom. The van der Waals surface area contributed by atoms with Crippen LogP contribution in [-0.4, -0.2) is 15.8 Å². The third-order valence-electron chi connectivity index (χ3n) is 2.35. The molecule has 0 saturated heterocycles. The Balaban J connectivity index is 1.94. The number of rotatable bonds is 4. The van der Waals surface area contributed by atoms with Crippen molar-refractivity contribution < 1.29 is 4.79 Å². The highest BCUT2D eigenvalue weighted by atomic mass is 32.1. The van der Waals surface area contributed by atoms with E-state index in [9.17, 15) is 4.79 Å². The summed E-state index contributed by atoms with van der Waals surface area (Å²) in [6.07, 6.45) is 1.86. The van der Waals surface area contributed by atoms with Gasteiger partial charge in [-0.25, -0.2) is 4.98 Å². The van der Waals surface area contributed by atoms with Gasteiger partial charge in [0.25, 0.3) is 0 Å². The molecule has 1 aromatic carbocycles. The van der Waals surface area contributed by atoms with E-state index in [0.717, 1.165) is 0 Å². The SMILES string of the molecule is O=C(CC(=S)Nc1ccccn1)c1ccccc1. The smallest absolute Gasteiger partial charge is 0.169 e. The molecule has 0 atom stereocenters. The number of Topliss-reactive ketones (excluding diaryl/α,β-unsaturated/α-hetero) is 1. The van der Waals surface area contributed by atoms with Crippen molar-refractivity contribution in [2.24, 2.45) is 0 Å². The first-order chi connectivity index (χ1) is 8.75. The molecule has 0 radical (unpaired) electrons. The molecule has 0 saturated carbocycles. The molecule has 3 nitrogen and oxygen atoms in total. The van der Waals surface area contributed by atoms with Crippen molar-refractivity contribution in [2.75, 3.05) is 5.32 Å². The Bertz CT molecular complexity index is 540. The molecular weight excluding hydrogens is 244 g/mol. The predicted molar refractivity (Wildman–Crippen MR) is 75.8 cm³/mol. The topological polar surface area (TPSA) is 42.0 Å². The molecule has 0 unspecified atom stereocenters. The fourth-order valence-electron chi connectivity index (χ4n) is 1.50. The highest BCUT2D eigenvalue weighted by Crippen LogP contribution is 2.06. The van der Waals surface area contributed by atoms with Crippen LogP contribution in [0.15, 0.2) is 54.7 Å². The summed E-state index contributed by atoms with van der Waals surface area (Å²) >= 11 is 5.14. The Hall–Kier alpha value is -2.07. The summed E-state index contributed by atoms with van der Waals surface area (Å²) in [6, 6.07) is 14.6. The Kier molecular flexibility index (Phi) is 4.15. The lowest BCUT2D eigenvalue weighted by Crippen LogP contribution is -2.15. The molecular formula is C14H12N2OS. The first-order valence-corrected chi connectivity index (χ1v) is 5.95. The number of nitrogens with one attached hydrogen (secondary N) is 1. The van der Waals surface area contributed by atoms with Crippen LogP contribution in [-0.2, 0) is 0 Å². The van der Waals surface area contributed by atoms with Crippen LogP contribution >= 0.6 is 12.2 Å². The van der Waals surface area contributed by atoms with Crippen LogP contribution in [0.3, 0.4) is 0 Å². The summed E-state index contributed by atoms with van der Waals surface area (Å²) in [4.78, 5) is 16.5. The van der Waals surface area contributed by atoms with Crippen LogP contribution in [0, 0.1) is 0 Å². The normalized spacial score (nSPS) is 9.78. The van der Waals surface area contributed by atoms with Crippen molar-refractivity contribution in [3.8, 4) is 0 Å². The number of pyridine rings is 1. The molecule has 0 aliphatic heterocycles. The fourth-order valence-corrected chi connectivity index (χ4v) is 1.73. The van der Waals surface area contributed by atoms with Gasteiger partial charge >= 0.3 is 0 Å². The van der Waals surface area contributed by atoms with Gasteiger partial charge in [-0.1, -0.05) is 48.6 Å². The molecule has 2 rings (SSSR count). The van der Waals surface area contributed by atoms with Crippen LogP contribution in [0.5, 0.6) is 0 Å². The number of anilines is 1. The van der Waals surface area contributed by atoms with Gasteiger partial charge in [-0.05, 0) is 12.1 Å². The number of carbonyl (C=O) groups excluding carboxylic acids is 1. The van der Waals surface area contributed by atoms with E-state index in [1.807, 2.05) is 30.3 Å². The summed E-state index contributed by atoms with van der Waals surface area (Å²) in [5.41, 5.74) is 0.669. The van der Waals surface area contributed by atoms with E-state index in [-0.39, 0.29) is 12.2 Å². The first-order valence-electron chi connectivity index (χ1n) is 5.55. The second-order valence-electron chi connectivity index (χ2n) is 3.73. The summed E-state index contributed by atoms with van der Waals surface area (Å²) in [6.45, 7) is 0. The van der Waals surface area contributed by atoms with E-state index >= 15 is 0 Å². The lowest BCUT2D eigenvalue weighted by Gasteiger charge is -2.06. The van der Waals surface area contributed by atoms with Gasteiger partial charge in [0, 0.05) is 11.8 Å². The molecule has 90 valence electrons. The maximum absolute atomic E-state index is 11.9. The minimum Gasteiger partial charge on any atom is -0.334 e. The molecule has 0 aliphatic carbocycles. The Morgan fingerprint density at radius 2 is 1.83 bits per heavy atom. The molecule has 0 spiro atoms. The third-order valence-corrected chi connectivity index (χ3v) is 2.60. The number of hydrogen-bond acceptors (Lipinski definition) is 3. The minimum atomic E-state index is 0.00373. The number of benzene rings is 1. The van der Waals surface area contributed by atoms with Gasteiger partial charge in [0.15, 0.2) is 5.78 Å². The average Bonchev–Trinajstić information content (AvgIpc) is 2.40. The summed E-state index contributed by atoms with van der Waals surface area (Å²) < 4.78 is 0. The average molecular weight is 256 g/mol. The van der Waals surface area contributed by atoms with Crippen LogP contribution in [0.1, 0.15) is 16.8 Å². The molecule has 1 aromatic heterocycles. The van der Waals surface area contributed by atoms with Gasteiger partial charge < -0.3 is 5.32 Å². The summed E-state index contributed by atoms with van der Waals surface area (Å²) in [5.74, 6) is 0.660. The van der Waals surface area contributed by atoms with Crippen LogP contribution < -0.4 is 5.32 Å². The lowest BCUT2D eigenvalue weighted by molar-refractivity contribution is 0.100. The third kappa shape index (κ3) is 3.46. The number of ketones is 1. The second kappa shape index (κ2) is 6.02. The minimum absolute atomic E-state index is 0.00373. The Labute approximate surface area is 111 Å². The highest BCUT2D eigenvalue weighted by molar-refractivity contribution is 7.80. The zero-order chi connectivity index (χ0) is 12.8. The number of hydrogen-bond donors (Lipinski definition) is 1. The maximum atomic E-state index is 11.9. The summed E-state index contributed by atoms with van der Waals surface area (Å²) in [7, 11) is 0. The van der Waals surface area contributed by atoms with E-state index in [2.05, 4.69) is 10.3 Å². The van der Waals surface area contributed by atoms with Gasteiger partial charge in [0.05, 0.1) is 11.4 Å². The Morgan fingerprint density at radius 3 is 2.50 bits per heavy atom. The van der Waals surface area contributed by atoms with Crippen molar-refractivity contribution in [2.45, 2.75) is 6.42 Å². The zero-order valence-corrected chi connectivity index (χ0v) is 10.5. The predicted octanol–water partition coefficient (Wildman–Crippen LogP) is 3.09. The van der Waals surface area contributed by atoms with Gasteiger partial charge in [0.1, 0.15) is 5.82 Å². The molecule has 1 N–H and O–H groups in total. The van der Waals surface area contributed by atoms with E-state index < -0.39 is 0 Å². The van der Waals surface area contributed by atoms with Gasteiger partial charge in [-0.3, -0.25) is 4.79 Å². The largest absolute Gasteiger partial charge is 0.334 e. The van der Waals surface area contributed by atoms with Gasteiger partial charge in [-0.15, -0.1) is 0 Å². The number of nitrogens with zero attached hydrogens (tertiary/aromatic N) is 1. The van der Waals surface area contributed by atoms with Crippen molar-refractivity contribution in [3.05, 3.63) is 60.3 Å². The molecule has 2 aromatic rings. The van der Waals surface area contributed by atoms with Crippen LogP contribution in [0.4, 0.5) is 5.82 Å². The number of aromatic nitrogens is 1. The molecule has 4 heteroatoms. The molecule has 18 heavy (non-hydrogen) atoms. The monoisotopic (exact) mass is 256 g/mol. The fraction of sp³-hybridized carbons (Fsp3) is 0.0714. The molecule has 0 bridgehead atoms. The number of carbonyl (C=O) groups is 1. The second-order valence-corrected chi connectivity index (χ2v) is 4.22. The van der Waals surface area contributed by atoms with Gasteiger partial charge in [-0.2, -0.15) is 0 Å². The molecule has 0 aliphatic rings. The number of thiocarbonyl (C=S) groups is 1. The van der Waals surface area contributed by atoms with Crippen LogP contribution in [0.25, 0.3) is 0 Å². The standard InChI is InChI=1S/C14H12N2OS/c17-12(11-6-2-1-3-7-11)10-14(18)16-13-8-4-5-9-15-13/h1-9H,10H2,(H,15,16,18). The molecule has 1 heterocycles. The van der Waals surface area contributed by atoms with E-state index in [0.29, 0.717) is 16.4 Å². The maximum Gasteiger partial charge on any atom is 0.169 e. The first kappa shape index (κ1) is 12.4. The van der Waals surface area contributed by atoms with Crippen molar-refractivity contribution >= 4 is 28.8 Å². The van der Waals surface area contributed by atoms with Gasteiger partial charge in [0.2, 0.25) is 0 Å². The molecule has 0 fully saturated rings. The van der Waals surface area contributed by atoms with Crippen molar-refractivity contribution in [1.29, 1.82) is 0 Å². The van der Waals surface area contributed by atoms with Crippen LogP contribution in [0.2, 0.25) is 0 Å². The van der Waals surface area contributed by atoms with Crippen molar-refractivity contribution in [1.82, 2.24) is 4.98 Å². The molecule has 0 amide bonds. The van der Waals surface area contributed by atoms with E-state index in [1.54, 1.807) is 24.4 Å². The zero-order valence-electron chi connectivity index (χ0n) is 9.67.